The van der Waals surface area contributed by atoms with Crippen LogP contribution < -0.4 is 10.1 Å². The normalized spacial score (nSPS) is 10.5. The summed E-state index contributed by atoms with van der Waals surface area (Å²) in [6.07, 6.45) is 0.728. The average Bonchev–Trinajstić information content (AvgIpc) is 2.81. The van der Waals surface area contributed by atoms with Crippen molar-refractivity contribution in [2.75, 3.05) is 13.7 Å². The molecule has 0 atom stereocenters. The molecule has 1 aromatic carbocycles. The van der Waals surface area contributed by atoms with E-state index in [2.05, 4.69) is 10.4 Å². The first-order valence-corrected chi connectivity index (χ1v) is 7.14. The first kappa shape index (κ1) is 16.0. The lowest BCUT2D eigenvalue weighted by Crippen LogP contribution is -2.26. The summed E-state index contributed by atoms with van der Waals surface area (Å²) in [5.41, 5.74) is 2.08. The van der Waals surface area contributed by atoms with Crippen LogP contribution in [0, 0.1) is 19.7 Å². The third-order valence-electron chi connectivity index (χ3n) is 3.36. The lowest BCUT2D eigenvalue weighted by atomic mass is 10.2. The predicted molar refractivity (Wildman–Crippen MR) is 81.6 cm³/mol. The Kier molecular flexibility index (Phi) is 5.14. The van der Waals surface area contributed by atoms with Crippen LogP contribution >= 0.6 is 0 Å². The Balaban J connectivity index is 1.84. The van der Waals surface area contributed by atoms with Gasteiger partial charge in [0.1, 0.15) is 11.6 Å². The van der Waals surface area contributed by atoms with Gasteiger partial charge in [-0.05, 0) is 38.5 Å². The molecule has 0 aliphatic rings. The summed E-state index contributed by atoms with van der Waals surface area (Å²) in [4.78, 5) is 11.9. The zero-order chi connectivity index (χ0) is 16.1. The highest BCUT2D eigenvalue weighted by atomic mass is 19.1. The van der Waals surface area contributed by atoms with Crippen LogP contribution in [-0.4, -0.2) is 29.3 Å². The Labute approximate surface area is 129 Å². The molecule has 1 N–H and O–H groups in total. The fourth-order valence-corrected chi connectivity index (χ4v) is 2.23. The van der Waals surface area contributed by atoms with E-state index in [1.807, 2.05) is 24.6 Å². The van der Waals surface area contributed by atoms with E-state index in [4.69, 9.17) is 4.74 Å². The second-order valence-corrected chi connectivity index (χ2v) is 5.11. The number of carbonyl (C=O) groups is 1. The van der Waals surface area contributed by atoms with Crippen molar-refractivity contribution >= 4 is 5.91 Å². The number of amides is 1. The van der Waals surface area contributed by atoms with Crippen molar-refractivity contribution < 1.29 is 13.9 Å². The molecule has 1 amide bonds. The molecule has 0 fully saturated rings. The van der Waals surface area contributed by atoms with Crippen molar-refractivity contribution in [3.8, 4) is 5.75 Å². The van der Waals surface area contributed by atoms with Crippen LogP contribution in [0.1, 0.15) is 28.2 Å². The Bertz CT molecular complexity index is 667. The number of hydrogen-bond donors (Lipinski definition) is 1. The minimum Gasteiger partial charge on any atom is -0.497 e. The molecule has 0 spiro atoms. The number of benzene rings is 1. The number of methoxy groups -OCH3 is 1. The second-order valence-electron chi connectivity index (χ2n) is 5.11. The van der Waals surface area contributed by atoms with E-state index < -0.39 is 11.7 Å². The van der Waals surface area contributed by atoms with E-state index in [1.54, 1.807) is 6.07 Å². The van der Waals surface area contributed by atoms with Crippen molar-refractivity contribution in [2.24, 2.45) is 0 Å². The smallest absolute Gasteiger partial charge is 0.254 e. The maximum atomic E-state index is 13.8. The maximum absolute atomic E-state index is 13.8. The van der Waals surface area contributed by atoms with E-state index in [-0.39, 0.29) is 5.56 Å². The second kappa shape index (κ2) is 7.06. The molecule has 0 unspecified atom stereocenters. The molecule has 5 nitrogen and oxygen atoms in total. The molecule has 1 heterocycles. The van der Waals surface area contributed by atoms with Gasteiger partial charge in [0, 0.05) is 24.8 Å². The summed E-state index contributed by atoms with van der Waals surface area (Å²) >= 11 is 0. The highest BCUT2D eigenvalue weighted by molar-refractivity contribution is 5.94. The minimum atomic E-state index is -0.588. The van der Waals surface area contributed by atoms with E-state index in [0.29, 0.717) is 18.8 Å². The molecule has 2 aromatic rings. The summed E-state index contributed by atoms with van der Waals surface area (Å²) in [7, 11) is 1.45. The Morgan fingerprint density at radius 1 is 1.36 bits per heavy atom. The van der Waals surface area contributed by atoms with Crippen molar-refractivity contribution in [3.63, 3.8) is 0 Å². The molecule has 0 saturated carbocycles. The van der Waals surface area contributed by atoms with Gasteiger partial charge in [-0.1, -0.05) is 0 Å². The molecule has 6 heteroatoms. The molecule has 0 aliphatic heterocycles. The molecule has 22 heavy (non-hydrogen) atoms. The number of halogens is 1. The lowest BCUT2D eigenvalue weighted by Gasteiger charge is -2.08. The van der Waals surface area contributed by atoms with E-state index in [9.17, 15) is 9.18 Å². The van der Waals surface area contributed by atoms with Crippen LogP contribution in [0.4, 0.5) is 4.39 Å². The fraction of sp³-hybridized carbons (Fsp3) is 0.375. The third-order valence-corrected chi connectivity index (χ3v) is 3.36. The van der Waals surface area contributed by atoms with Gasteiger partial charge in [-0.15, -0.1) is 0 Å². The topological polar surface area (TPSA) is 56.1 Å². The molecule has 2 rings (SSSR count). The van der Waals surface area contributed by atoms with E-state index in [0.717, 1.165) is 17.8 Å². The van der Waals surface area contributed by atoms with E-state index >= 15 is 0 Å². The fourth-order valence-electron chi connectivity index (χ4n) is 2.23. The molecular formula is C16H20FN3O2. The van der Waals surface area contributed by atoms with Gasteiger partial charge in [-0.2, -0.15) is 5.10 Å². The van der Waals surface area contributed by atoms with Gasteiger partial charge in [0.25, 0.3) is 5.91 Å². The van der Waals surface area contributed by atoms with Gasteiger partial charge < -0.3 is 10.1 Å². The van der Waals surface area contributed by atoms with Gasteiger partial charge in [0.2, 0.25) is 0 Å². The first-order chi connectivity index (χ1) is 10.5. The molecule has 0 bridgehead atoms. The molecule has 118 valence electrons. The molecule has 0 radical (unpaired) electrons. The van der Waals surface area contributed by atoms with Crippen molar-refractivity contribution in [3.05, 3.63) is 47.0 Å². The maximum Gasteiger partial charge on any atom is 0.254 e. The highest BCUT2D eigenvalue weighted by Crippen LogP contribution is 2.16. The van der Waals surface area contributed by atoms with Crippen molar-refractivity contribution in [2.45, 2.75) is 26.8 Å². The zero-order valence-corrected chi connectivity index (χ0v) is 13.0. The van der Waals surface area contributed by atoms with Crippen LogP contribution in [0.15, 0.2) is 24.3 Å². The number of aromatic nitrogens is 2. The summed E-state index contributed by atoms with van der Waals surface area (Å²) in [6, 6.07) is 6.19. The molecule has 1 aromatic heterocycles. The standard InChI is InChI=1S/C16H20FN3O2/c1-11-9-12(2)20(19-11)8-4-7-18-16(21)14-6-5-13(22-3)10-15(14)17/h5-6,9-10H,4,7-8H2,1-3H3,(H,18,21). The minimum absolute atomic E-state index is 0.0203. The first-order valence-electron chi connectivity index (χ1n) is 7.14. The summed E-state index contributed by atoms with van der Waals surface area (Å²) in [6.45, 7) is 5.11. The number of carbonyl (C=O) groups excluding carboxylic acids is 1. The van der Waals surface area contributed by atoms with Crippen LogP contribution in [0.2, 0.25) is 0 Å². The molecular weight excluding hydrogens is 285 g/mol. The van der Waals surface area contributed by atoms with Gasteiger partial charge in [-0.3, -0.25) is 9.48 Å². The van der Waals surface area contributed by atoms with Crippen molar-refractivity contribution in [1.29, 1.82) is 0 Å². The van der Waals surface area contributed by atoms with Crippen molar-refractivity contribution in [1.82, 2.24) is 15.1 Å². The van der Waals surface area contributed by atoms with Gasteiger partial charge in [-0.25, -0.2) is 4.39 Å². The monoisotopic (exact) mass is 305 g/mol. The molecule has 0 aliphatic carbocycles. The van der Waals surface area contributed by atoms with Gasteiger partial charge in [0.15, 0.2) is 0 Å². The van der Waals surface area contributed by atoms with Gasteiger partial charge in [0.05, 0.1) is 18.4 Å². The SMILES string of the molecule is COc1ccc(C(=O)NCCCn2nc(C)cc2C)c(F)c1. The van der Waals surface area contributed by atoms with Crippen LogP contribution in [0.25, 0.3) is 0 Å². The largest absolute Gasteiger partial charge is 0.497 e. The average molecular weight is 305 g/mol. The summed E-state index contributed by atoms with van der Waals surface area (Å²) < 4.78 is 20.6. The zero-order valence-electron chi connectivity index (χ0n) is 13.0. The quantitative estimate of drug-likeness (QED) is 0.834. The third kappa shape index (κ3) is 3.84. The van der Waals surface area contributed by atoms with E-state index in [1.165, 1.54) is 19.2 Å². The highest BCUT2D eigenvalue weighted by Gasteiger charge is 2.12. The number of rotatable bonds is 6. The van der Waals surface area contributed by atoms with Crippen LogP contribution in [0.3, 0.4) is 0 Å². The lowest BCUT2D eigenvalue weighted by molar-refractivity contribution is 0.0948. The molecule has 0 saturated heterocycles. The Morgan fingerprint density at radius 2 is 2.14 bits per heavy atom. The van der Waals surface area contributed by atoms with Crippen LogP contribution in [-0.2, 0) is 6.54 Å². The Morgan fingerprint density at radius 3 is 2.73 bits per heavy atom. The van der Waals surface area contributed by atoms with Crippen LogP contribution in [0.5, 0.6) is 5.75 Å². The summed E-state index contributed by atoms with van der Waals surface area (Å²) in [5.74, 6) is -0.623. The Hall–Kier alpha value is -2.37. The number of nitrogens with zero attached hydrogens (tertiary/aromatic N) is 2. The number of nitrogens with one attached hydrogen (secondary N) is 1. The summed E-state index contributed by atoms with van der Waals surface area (Å²) in [5, 5.41) is 7.06. The number of ether oxygens (including phenoxy) is 1. The number of hydrogen-bond acceptors (Lipinski definition) is 3. The predicted octanol–water partition coefficient (Wildman–Crippen LogP) is 2.47. The number of aryl methyl sites for hydroxylation is 3. The van der Waals surface area contributed by atoms with Gasteiger partial charge >= 0.3 is 0 Å².